The van der Waals surface area contributed by atoms with E-state index in [1.54, 1.807) is 28.4 Å². The molecule has 1 saturated heterocycles. The highest BCUT2D eigenvalue weighted by atomic mass is 16.5. The Morgan fingerprint density at radius 1 is 0.562 bits per heavy atom. The van der Waals surface area contributed by atoms with Gasteiger partial charge in [0.1, 0.15) is 34.1 Å². The molecule has 2 spiro atoms. The second-order valence-electron chi connectivity index (χ2n) is 8.63. The number of ether oxygens (including phenoxy) is 4. The van der Waals surface area contributed by atoms with Crippen LogP contribution in [0, 0.1) is 0 Å². The van der Waals surface area contributed by atoms with Gasteiger partial charge in [-0.2, -0.15) is 0 Å². The molecule has 0 bridgehead atoms. The van der Waals surface area contributed by atoms with E-state index < -0.39 is 11.1 Å². The fourth-order valence-corrected chi connectivity index (χ4v) is 5.46. The number of rotatable bonds is 4. The SMILES string of the molecule is COc1ccc(OC)c2c1CC1(C2)NC(=O)C2(Cc3c(OC)ccc(OC)c3C2)NC1=O. The first kappa shape index (κ1) is 20.5. The van der Waals surface area contributed by atoms with Gasteiger partial charge in [-0.15, -0.1) is 0 Å². The predicted octanol–water partition coefficient (Wildman–Crippen LogP) is 1.34. The molecule has 2 aromatic carbocycles. The summed E-state index contributed by atoms with van der Waals surface area (Å²) in [5, 5.41) is 6.18. The first-order chi connectivity index (χ1) is 15.4. The smallest absolute Gasteiger partial charge is 0.247 e. The van der Waals surface area contributed by atoms with Crippen LogP contribution in [0.2, 0.25) is 0 Å². The zero-order valence-electron chi connectivity index (χ0n) is 18.6. The number of piperazine rings is 1. The second kappa shape index (κ2) is 7.05. The Bertz CT molecular complexity index is 986. The van der Waals surface area contributed by atoms with Crippen LogP contribution >= 0.6 is 0 Å². The number of hydrogen-bond acceptors (Lipinski definition) is 6. The van der Waals surface area contributed by atoms with Crippen LogP contribution < -0.4 is 29.6 Å². The average molecular weight is 438 g/mol. The Hall–Kier alpha value is -3.42. The lowest BCUT2D eigenvalue weighted by molar-refractivity contribution is -0.145. The molecule has 8 nitrogen and oxygen atoms in total. The molecular formula is C24H26N2O6. The van der Waals surface area contributed by atoms with Crippen molar-refractivity contribution in [3.63, 3.8) is 0 Å². The zero-order valence-corrected chi connectivity index (χ0v) is 18.6. The van der Waals surface area contributed by atoms with Crippen molar-refractivity contribution < 1.29 is 28.5 Å². The normalized spacial score (nSPS) is 19.2. The van der Waals surface area contributed by atoms with Gasteiger partial charge in [0.25, 0.3) is 0 Å². The minimum atomic E-state index is -1.07. The van der Waals surface area contributed by atoms with Gasteiger partial charge < -0.3 is 29.6 Å². The summed E-state index contributed by atoms with van der Waals surface area (Å²) in [5.41, 5.74) is 1.39. The topological polar surface area (TPSA) is 95.1 Å². The van der Waals surface area contributed by atoms with Crippen molar-refractivity contribution >= 4 is 11.8 Å². The number of hydrogen-bond donors (Lipinski definition) is 2. The van der Waals surface area contributed by atoms with Crippen LogP contribution in [0.3, 0.4) is 0 Å². The molecule has 3 aliphatic rings. The molecule has 1 heterocycles. The van der Waals surface area contributed by atoms with Crippen molar-refractivity contribution in [3.8, 4) is 23.0 Å². The van der Waals surface area contributed by atoms with E-state index in [1.807, 2.05) is 24.3 Å². The molecule has 8 heteroatoms. The third kappa shape index (κ3) is 2.68. The van der Waals surface area contributed by atoms with E-state index in [9.17, 15) is 9.59 Å². The molecule has 168 valence electrons. The number of methoxy groups -OCH3 is 4. The second-order valence-corrected chi connectivity index (χ2v) is 8.63. The Balaban J connectivity index is 1.49. The van der Waals surface area contributed by atoms with Crippen LogP contribution in [-0.2, 0) is 35.3 Å². The zero-order chi connectivity index (χ0) is 22.7. The molecule has 5 rings (SSSR count). The van der Waals surface area contributed by atoms with Gasteiger partial charge >= 0.3 is 0 Å². The van der Waals surface area contributed by atoms with E-state index in [4.69, 9.17) is 18.9 Å². The fourth-order valence-electron chi connectivity index (χ4n) is 5.46. The van der Waals surface area contributed by atoms with Crippen LogP contribution in [0.1, 0.15) is 22.3 Å². The van der Waals surface area contributed by atoms with E-state index in [2.05, 4.69) is 10.6 Å². The van der Waals surface area contributed by atoms with Gasteiger partial charge in [0, 0.05) is 47.9 Å². The number of carbonyl (C=O) groups is 2. The van der Waals surface area contributed by atoms with Crippen molar-refractivity contribution in [1.82, 2.24) is 10.6 Å². The molecule has 0 aromatic heterocycles. The number of carbonyl (C=O) groups excluding carboxylic acids is 2. The summed E-state index contributed by atoms with van der Waals surface area (Å²) in [5.74, 6) is 2.32. The molecule has 1 aliphatic heterocycles. The number of benzene rings is 2. The highest BCUT2D eigenvalue weighted by Crippen LogP contribution is 2.46. The van der Waals surface area contributed by atoms with Crippen LogP contribution in [0.4, 0.5) is 0 Å². The third-order valence-electron chi connectivity index (χ3n) is 7.06. The maximum absolute atomic E-state index is 13.6. The van der Waals surface area contributed by atoms with Gasteiger partial charge in [0.2, 0.25) is 11.8 Å². The number of nitrogens with one attached hydrogen (secondary N) is 2. The molecule has 0 radical (unpaired) electrons. The van der Waals surface area contributed by atoms with Crippen LogP contribution in [0.5, 0.6) is 23.0 Å². The van der Waals surface area contributed by atoms with Gasteiger partial charge in [-0.1, -0.05) is 0 Å². The Morgan fingerprint density at radius 3 is 1.03 bits per heavy atom. The minimum absolute atomic E-state index is 0.205. The first-order valence-corrected chi connectivity index (χ1v) is 10.5. The average Bonchev–Trinajstić information content (AvgIpc) is 3.37. The lowest BCUT2D eigenvalue weighted by atomic mass is 9.83. The van der Waals surface area contributed by atoms with E-state index >= 15 is 0 Å². The van der Waals surface area contributed by atoms with Crippen molar-refractivity contribution in [2.45, 2.75) is 36.8 Å². The van der Waals surface area contributed by atoms with Gasteiger partial charge in [0.05, 0.1) is 28.4 Å². The van der Waals surface area contributed by atoms with Crippen LogP contribution in [-0.4, -0.2) is 51.3 Å². The molecular weight excluding hydrogens is 412 g/mol. The van der Waals surface area contributed by atoms with E-state index in [1.165, 1.54) is 0 Å². The molecule has 0 saturated carbocycles. The summed E-state index contributed by atoms with van der Waals surface area (Å²) in [6, 6.07) is 7.31. The van der Waals surface area contributed by atoms with E-state index in [0.29, 0.717) is 48.7 Å². The van der Waals surface area contributed by atoms with Gasteiger partial charge in [-0.3, -0.25) is 9.59 Å². The number of amides is 2. The quantitative estimate of drug-likeness (QED) is 0.748. The van der Waals surface area contributed by atoms with Gasteiger partial charge in [-0.25, -0.2) is 0 Å². The summed E-state index contributed by atoms with van der Waals surface area (Å²) >= 11 is 0. The molecule has 2 aliphatic carbocycles. The first-order valence-electron chi connectivity index (χ1n) is 10.5. The van der Waals surface area contributed by atoms with E-state index in [-0.39, 0.29) is 11.8 Å². The standard InChI is InChI=1S/C24H26N2O6/c1-29-17-5-6-18(30-2)14-10-23(9-13(14)17)21(27)26-24(22(28)25-23)11-15-16(12-24)20(32-4)8-7-19(15)31-3/h5-8H,9-12H2,1-4H3,(H,25,28)(H,26,27). The summed E-state index contributed by atoms with van der Waals surface area (Å²) in [4.78, 5) is 27.2. The predicted molar refractivity (Wildman–Crippen MR) is 116 cm³/mol. The molecule has 2 amide bonds. The van der Waals surface area contributed by atoms with E-state index in [0.717, 1.165) is 22.3 Å². The highest BCUT2D eigenvalue weighted by molar-refractivity contribution is 6.04. The Labute approximate surface area is 186 Å². The third-order valence-corrected chi connectivity index (χ3v) is 7.06. The maximum atomic E-state index is 13.6. The maximum Gasteiger partial charge on any atom is 0.247 e. The van der Waals surface area contributed by atoms with Crippen molar-refractivity contribution in [1.29, 1.82) is 0 Å². The molecule has 0 unspecified atom stereocenters. The molecule has 0 atom stereocenters. The summed E-state index contributed by atoms with van der Waals surface area (Å²) < 4.78 is 22.0. The summed E-state index contributed by atoms with van der Waals surface area (Å²) in [7, 11) is 6.38. The highest BCUT2D eigenvalue weighted by Gasteiger charge is 2.58. The fraction of sp³-hybridized carbons (Fsp3) is 0.417. The van der Waals surface area contributed by atoms with Gasteiger partial charge in [0.15, 0.2) is 0 Å². The molecule has 1 fully saturated rings. The monoisotopic (exact) mass is 438 g/mol. The van der Waals surface area contributed by atoms with Crippen LogP contribution in [0.15, 0.2) is 24.3 Å². The van der Waals surface area contributed by atoms with Crippen molar-refractivity contribution in [2.24, 2.45) is 0 Å². The van der Waals surface area contributed by atoms with Crippen LogP contribution in [0.25, 0.3) is 0 Å². The molecule has 2 N–H and O–H groups in total. The molecule has 2 aromatic rings. The molecule has 32 heavy (non-hydrogen) atoms. The lowest BCUT2D eigenvalue weighted by Gasteiger charge is -2.42. The lowest BCUT2D eigenvalue weighted by Crippen LogP contribution is -2.75. The summed E-state index contributed by atoms with van der Waals surface area (Å²) in [6.45, 7) is 0. The minimum Gasteiger partial charge on any atom is -0.496 e. The Kier molecular flexibility index (Phi) is 4.51. The van der Waals surface area contributed by atoms with Crippen molar-refractivity contribution in [2.75, 3.05) is 28.4 Å². The summed E-state index contributed by atoms with van der Waals surface area (Å²) in [6.07, 6.45) is 1.37. The number of fused-ring (bicyclic) bond motifs is 2. The van der Waals surface area contributed by atoms with Crippen molar-refractivity contribution in [3.05, 3.63) is 46.5 Å². The largest absolute Gasteiger partial charge is 0.496 e. The van der Waals surface area contributed by atoms with Gasteiger partial charge in [-0.05, 0) is 24.3 Å². The Morgan fingerprint density at radius 2 is 0.812 bits per heavy atom.